The van der Waals surface area contributed by atoms with Gasteiger partial charge in [0, 0.05) is 0 Å². The van der Waals surface area contributed by atoms with Crippen LogP contribution in [0.3, 0.4) is 0 Å². The maximum absolute atomic E-state index is 8.92. The Morgan fingerprint density at radius 1 is 1.30 bits per heavy atom. The van der Waals surface area contributed by atoms with E-state index in [0.29, 0.717) is 11.7 Å². The molecule has 0 spiro atoms. The lowest BCUT2D eigenvalue weighted by atomic mass is 10.0. The van der Waals surface area contributed by atoms with E-state index in [-0.39, 0.29) is 0 Å². The van der Waals surface area contributed by atoms with Gasteiger partial charge in [-0.25, -0.2) is 0 Å². The van der Waals surface area contributed by atoms with Crippen LogP contribution in [0.1, 0.15) is 18.4 Å². The Hall–Kier alpha value is -0.980. The summed E-state index contributed by atoms with van der Waals surface area (Å²) < 4.78 is 0. The molecule has 1 atom stereocenters. The molecule has 0 aromatic heterocycles. The largest absolute Gasteiger partial charge is 0.508 e. The van der Waals surface area contributed by atoms with Crippen LogP contribution in [0.4, 0.5) is 0 Å². The zero-order chi connectivity index (χ0) is 7.56. The second-order valence-electron chi connectivity index (χ2n) is 2.49. The first-order valence-electron chi connectivity index (χ1n) is 3.32. The topological polar surface area (TPSA) is 20.2 Å². The van der Waals surface area contributed by atoms with E-state index < -0.39 is 0 Å². The van der Waals surface area contributed by atoms with Gasteiger partial charge in [-0.2, -0.15) is 0 Å². The molecule has 0 amide bonds. The first kappa shape index (κ1) is 7.13. The number of phenols is 1. The second kappa shape index (κ2) is 2.74. The van der Waals surface area contributed by atoms with Crippen LogP contribution in [0, 0.1) is 6.92 Å². The predicted molar refractivity (Wildman–Crippen MR) is 41.9 cm³/mol. The number of benzene rings is 1. The lowest BCUT2D eigenvalue weighted by Crippen LogP contribution is -1.84. The molecule has 0 aliphatic heterocycles. The standard InChI is InChI=1S/C9H11O/c1-7(2)8-3-5-9(10)6-4-8/h3-7,10H,1H2,2H3. The van der Waals surface area contributed by atoms with Gasteiger partial charge in [0.1, 0.15) is 5.75 Å². The van der Waals surface area contributed by atoms with Crippen LogP contribution in [0.5, 0.6) is 5.75 Å². The van der Waals surface area contributed by atoms with Gasteiger partial charge in [-0.1, -0.05) is 19.1 Å². The highest BCUT2D eigenvalue weighted by atomic mass is 16.3. The lowest BCUT2D eigenvalue weighted by Gasteiger charge is -2.02. The van der Waals surface area contributed by atoms with E-state index in [9.17, 15) is 0 Å². The fourth-order valence-electron chi connectivity index (χ4n) is 0.803. The summed E-state index contributed by atoms with van der Waals surface area (Å²) in [5.41, 5.74) is 1.15. The smallest absolute Gasteiger partial charge is 0.115 e. The average Bonchev–Trinajstić information content (AvgIpc) is 1.88. The number of hydrogen-bond acceptors (Lipinski definition) is 1. The quantitative estimate of drug-likeness (QED) is 0.626. The van der Waals surface area contributed by atoms with Crippen LogP contribution in [-0.2, 0) is 0 Å². The number of phenolic OH excluding ortho intramolecular Hbond substituents is 1. The van der Waals surface area contributed by atoms with Gasteiger partial charge < -0.3 is 5.11 Å². The van der Waals surface area contributed by atoms with E-state index in [1.165, 1.54) is 0 Å². The van der Waals surface area contributed by atoms with Crippen molar-refractivity contribution in [2.75, 3.05) is 0 Å². The molecule has 1 aromatic rings. The van der Waals surface area contributed by atoms with Crippen LogP contribution in [0.25, 0.3) is 0 Å². The van der Waals surface area contributed by atoms with Crippen LogP contribution in [0.2, 0.25) is 0 Å². The van der Waals surface area contributed by atoms with Gasteiger partial charge in [0.25, 0.3) is 0 Å². The molecule has 0 aliphatic carbocycles. The van der Waals surface area contributed by atoms with Gasteiger partial charge in [-0.05, 0) is 30.5 Å². The predicted octanol–water partition coefficient (Wildman–Crippen LogP) is 2.33. The summed E-state index contributed by atoms with van der Waals surface area (Å²) in [5.74, 6) is 0.602. The van der Waals surface area contributed by atoms with Gasteiger partial charge in [0.15, 0.2) is 0 Å². The summed E-state index contributed by atoms with van der Waals surface area (Å²) in [6, 6.07) is 7.12. The van der Waals surface area contributed by atoms with Crippen molar-refractivity contribution >= 4 is 0 Å². The fraction of sp³-hybridized carbons (Fsp3) is 0.222. The summed E-state index contributed by atoms with van der Waals surface area (Å²) in [6.45, 7) is 5.88. The highest BCUT2D eigenvalue weighted by Gasteiger charge is 1.96. The molecule has 0 saturated heterocycles. The van der Waals surface area contributed by atoms with E-state index in [1.807, 2.05) is 19.1 Å². The molecule has 0 bridgehead atoms. The highest BCUT2D eigenvalue weighted by Crippen LogP contribution is 2.16. The molecule has 0 heterocycles. The van der Waals surface area contributed by atoms with Crippen molar-refractivity contribution in [1.29, 1.82) is 0 Å². The van der Waals surface area contributed by atoms with Crippen LogP contribution in [-0.4, -0.2) is 5.11 Å². The minimum atomic E-state index is 0.292. The third-order valence-corrected chi connectivity index (χ3v) is 1.46. The molecule has 1 aromatic carbocycles. The molecular weight excluding hydrogens is 124 g/mol. The molecule has 1 radical (unpaired) electrons. The molecule has 53 valence electrons. The van der Waals surface area contributed by atoms with Crippen molar-refractivity contribution in [2.24, 2.45) is 0 Å². The highest BCUT2D eigenvalue weighted by molar-refractivity contribution is 5.28. The SMILES string of the molecule is [CH2]C(C)c1ccc(O)cc1. The molecule has 10 heavy (non-hydrogen) atoms. The fourth-order valence-corrected chi connectivity index (χ4v) is 0.803. The Kier molecular flexibility index (Phi) is 1.95. The third kappa shape index (κ3) is 1.50. The van der Waals surface area contributed by atoms with Crippen molar-refractivity contribution in [3.05, 3.63) is 36.8 Å². The van der Waals surface area contributed by atoms with Crippen LogP contribution < -0.4 is 0 Å². The van der Waals surface area contributed by atoms with Gasteiger partial charge in [0.05, 0.1) is 0 Å². The van der Waals surface area contributed by atoms with Crippen molar-refractivity contribution < 1.29 is 5.11 Å². The molecule has 1 N–H and O–H groups in total. The maximum Gasteiger partial charge on any atom is 0.115 e. The molecule has 0 saturated carbocycles. The van der Waals surface area contributed by atoms with E-state index in [4.69, 9.17) is 5.11 Å². The zero-order valence-corrected chi connectivity index (χ0v) is 6.04. The number of aromatic hydroxyl groups is 1. The van der Waals surface area contributed by atoms with Crippen molar-refractivity contribution in [2.45, 2.75) is 12.8 Å². The molecule has 0 aliphatic rings. The Bertz CT molecular complexity index is 198. The summed E-state index contributed by atoms with van der Waals surface area (Å²) in [5, 5.41) is 8.92. The van der Waals surface area contributed by atoms with Gasteiger partial charge in [-0.15, -0.1) is 0 Å². The Balaban J connectivity index is 2.89. The Morgan fingerprint density at radius 2 is 1.80 bits per heavy atom. The van der Waals surface area contributed by atoms with E-state index >= 15 is 0 Å². The van der Waals surface area contributed by atoms with Gasteiger partial charge in [-0.3, -0.25) is 0 Å². The molecular formula is C9H11O. The molecule has 0 fully saturated rings. The molecule has 1 unspecified atom stereocenters. The van der Waals surface area contributed by atoms with E-state index in [0.717, 1.165) is 5.56 Å². The number of hydrogen-bond donors (Lipinski definition) is 1. The third-order valence-electron chi connectivity index (χ3n) is 1.46. The first-order valence-corrected chi connectivity index (χ1v) is 3.32. The van der Waals surface area contributed by atoms with Crippen LogP contribution in [0.15, 0.2) is 24.3 Å². The minimum Gasteiger partial charge on any atom is -0.508 e. The average molecular weight is 135 g/mol. The minimum absolute atomic E-state index is 0.292. The molecule has 1 nitrogen and oxygen atoms in total. The lowest BCUT2D eigenvalue weighted by molar-refractivity contribution is 0.475. The zero-order valence-electron chi connectivity index (χ0n) is 6.04. The van der Waals surface area contributed by atoms with Crippen molar-refractivity contribution in [3.63, 3.8) is 0 Å². The van der Waals surface area contributed by atoms with E-state index in [1.54, 1.807) is 12.1 Å². The molecule has 1 heteroatoms. The summed E-state index contributed by atoms with van der Waals surface area (Å²) >= 11 is 0. The van der Waals surface area contributed by atoms with Gasteiger partial charge >= 0.3 is 0 Å². The van der Waals surface area contributed by atoms with Gasteiger partial charge in [0.2, 0.25) is 0 Å². The van der Waals surface area contributed by atoms with E-state index in [2.05, 4.69) is 6.92 Å². The summed E-state index contributed by atoms with van der Waals surface area (Å²) in [4.78, 5) is 0. The Morgan fingerprint density at radius 3 is 2.20 bits per heavy atom. The number of rotatable bonds is 1. The molecule has 1 rings (SSSR count). The van der Waals surface area contributed by atoms with Crippen LogP contribution >= 0.6 is 0 Å². The first-order chi connectivity index (χ1) is 4.70. The van der Waals surface area contributed by atoms with Crippen molar-refractivity contribution in [3.8, 4) is 5.75 Å². The normalized spacial score (nSPS) is 10.3. The van der Waals surface area contributed by atoms with Crippen molar-refractivity contribution in [1.82, 2.24) is 0 Å². The summed E-state index contributed by atoms with van der Waals surface area (Å²) in [7, 11) is 0. The second-order valence-corrected chi connectivity index (χ2v) is 2.49. The monoisotopic (exact) mass is 135 g/mol. The maximum atomic E-state index is 8.92. The summed E-state index contributed by atoms with van der Waals surface area (Å²) in [6.07, 6.45) is 0. The Labute approximate surface area is 61.3 Å².